The summed E-state index contributed by atoms with van der Waals surface area (Å²) in [4.78, 5) is 14.5. The second-order valence-electron chi connectivity index (χ2n) is 9.36. The Labute approximate surface area is 224 Å². The van der Waals surface area contributed by atoms with E-state index in [4.69, 9.17) is 8.92 Å². The molecule has 39 heavy (non-hydrogen) atoms. The minimum Gasteiger partial charge on any atom is -0.445 e. The molecular formula is C28H27F4NO5S. The van der Waals surface area contributed by atoms with Gasteiger partial charge >= 0.3 is 12.3 Å². The fourth-order valence-electron chi connectivity index (χ4n) is 4.86. The summed E-state index contributed by atoms with van der Waals surface area (Å²) in [5.74, 6) is -1.66. The lowest BCUT2D eigenvalue weighted by Gasteiger charge is -2.36. The van der Waals surface area contributed by atoms with Crippen LogP contribution >= 0.6 is 0 Å². The summed E-state index contributed by atoms with van der Waals surface area (Å²) in [6.45, 7) is 0.218. The number of alkyl halides is 3. The summed E-state index contributed by atoms with van der Waals surface area (Å²) in [5.41, 5.74) is 0.248. The van der Waals surface area contributed by atoms with E-state index in [1.165, 1.54) is 29.2 Å². The Balaban J connectivity index is 1.75. The van der Waals surface area contributed by atoms with Crippen molar-refractivity contribution in [1.82, 2.24) is 4.90 Å². The molecule has 0 aliphatic carbocycles. The van der Waals surface area contributed by atoms with Gasteiger partial charge in [0.2, 0.25) is 0 Å². The smallest absolute Gasteiger partial charge is 0.416 e. The number of benzene rings is 3. The Bertz CT molecular complexity index is 1380. The number of nitrogens with zero attached hydrogens (tertiary/aromatic N) is 1. The van der Waals surface area contributed by atoms with Crippen molar-refractivity contribution in [2.24, 2.45) is 0 Å². The van der Waals surface area contributed by atoms with Crippen molar-refractivity contribution < 1.29 is 39.7 Å². The second kappa shape index (κ2) is 11.7. The topological polar surface area (TPSA) is 72.9 Å². The monoisotopic (exact) mass is 565 g/mol. The van der Waals surface area contributed by atoms with Gasteiger partial charge in [0, 0.05) is 12.5 Å². The van der Waals surface area contributed by atoms with Crippen LogP contribution in [0.4, 0.5) is 22.4 Å². The molecular weight excluding hydrogens is 538 g/mol. The molecule has 0 N–H and O–H groups in total. The average molecular weight is 566 g/mol. The molecule has 0 aromatic heterocycles. The van der Waals surface area contributed by atoms with Crippen LogP contribution in [0.15, 0.2) is 78.9 Å². The predicted molar refractivity (Wildman–Crippen MR) is 136 cm³/mol. The summed E-state index contributed by atoms with van der Waals surface area (Å²) in [6.07, 6.45) is -5.03. The van der Waals surface area contributed by atoms with Crippen LogP contribution in [0.1, 0.15) is 41.0 Å². The molecule has 6 nitrogen and oxygen atoms in total. The molecule has 0 spiro atoms. The minimum atomic E-state index is -4.66. The lowest BCUT2D eigenvalue weighted by molar-refractivity contribution is -0.137. The first kappa shape index (κ1) is 28.6. The van der Waals surface area contributed by atoms with E-state index in [0.29, 0.717) is 18.4 Å². The largest absolute Gasteiger partial charge is 0.445 e. The highest BCUT2D eigenvalue weighted by atomic mass is 32.2. The summed E-state index contributed by atoms with van der Waals surface area (Å²) in [7, 11) is -4.15. The highest BCUT2D eigenvalue weighted by Crippen LogP contribution is 2.39. The summed E-state index contributed by atoms with van der Waals surface area (Å²) in [6, 6.07) is 17.6. The summed E-state index contributed by atoms with van der Waals surface area (Å²) >= 11 is 0. The van der Waals surface area contributed by atoms with E-state index < -0.39 is 51.8 Å². The molecule has 0 bridgehead atoms. The molecule has 1 saturated heterocycles. The van der Waals surface area contributed by atoms with Crippen molar-refractivity contribution in [2.75, 3.05) is 12.8 Å². The molecule has 1 heterocycles. The number of carbonyl (C=O) groups excluding carboxylic acids is 1. The third kappa shape index (κ3) is 7.36. The summed E-state index contributed by atoms with van der Waals surface area (Å²) in [5, 5.41) is 0. The Hall–Kier alpha value is -3.44. The van der Waals surface area contributed by atoms with Crippen LogP contribution in [0.2, 0.25) is 0 Å². The van der Waals surface area contributed by atoms with E-state index in [2.05, 4.69) is 0 Å². The highest BCUT2D eigenvalue weighted by Gasteiger charge is 2.43. The van der Waals surface area contributed by atoms with Gasteiger partial charge in [-0.15, -0.1) is 0 Å². The van der Waals surface area contributed by atoms with Gasteiger partial charge in [-0.05, 0) is 47.7 Å². The van der Waals surface area contributed by atoms with Crippen LogP contribution in [-0.4, -0.2) is 44.4 Å². The molecule has 11 heteroatoms. The van der Waals surface area contributed by atoms with Crippen LogP contribution in [0.25, 0.3) is 0 Å². The SMILES string of the molecule is CS(=O)(=O)O[C@H]([C@@H](c1ccc(F)cc1)c1cccc(C(F)(F)F)c1)[C@H]1CCCN1C(=O)OCc1ccccc1. The van der Waals surface area contributed by atoms with Gasteiger partial charge < -0.3 is 9.64 Å². The normalized spacial score (nSPS) is 17.6. The molecule has 4 rings (SSSR count). The first-order chi connectivity index (χ1) is 18.4. The molecule has 0 radical (unpaired) electrons. The van der Waals surface area contributed by atoms with Gasteiger partial charge in [0.15, 0.2) is 0 Å². The van der Waals surface area contributed by atoms with E-state index >= 15 is 0 Å². The van der Waals surface area contributed by atoms with E-state index in [9.17, 15) is 30.8 Å². The molecule has 1 aliphatic rings. The fraction of sp³-hybridized carbons (Fsp3) is 0.321. The molecule has 0 unspecified atom stereocenters. The maximum absolute atomic E-state index is 13.8. The minimum absolute atomic E-state index is 0.0183. The number of halogens is 4. The number of hydrogen-bond acceptors (Lipinski definition) is 5. The fourth-order valence-corrected chi connectivity index (χ4v) is 5.50. The van der Waals surface area contributed by atoms with Crippen LogP contribution < -0.4 is 0 Å². The van der Waals surface area contributed by atoms with Crippen molar-refractivity contribution in [3.05, 3.63) is 107 Å². The van der Waals surface area contributed by atoms with Crippen molar-refractivity contribution in [3.63, 3.8) is 0 Å². The lowest BCUT2D eigenvalue weighted by Crippen LogP contribution is -2.47. The van der Waals surface area contributed by atoms with Crippen molar-refractivity contribution in [3.8, 4) is 0 Å². The standard InChI is InChI=1S/C28H27F4NO5S/c1-39(35,36)38-26(24-11-6-16-33(24)27(34)37-18-19-7-3-2-4-8-19)25(20-12-14-23(29)15-13-20)21-9-5-10-22(17-21)28(30,31)32/h2-5,7-10,12-15,17,24-26H,6,11,16,18H2,1H3/t24-,25+,26+/m1/s1. The molecule has 0 saturated carbocycles. The molecule has 1 aliphatic heterocycles. The van der Waals surface area contributed by atoms with Crippen molar-refractivity contribution in [1.29, 1.82) is 0 Å². The van der Waals surface area contributed by atoms with Crippen LogP contribution in [0.3, 0.4) is 0 Å². The molecule has 3 aromatic rings. The van der Waals surface area contributed by atoms with Crippen LogP contribution in [-0.2, 0) is 31.8 Å². The second-order valence-corrected chi connectivity index (χ2v) is 11.0. The Kier molecular flexibility index (Phi) is 8.60. The van der Waals surface area contributed by atoms with Gasteiger partial charge in [-0.1, -0.05) is 60.7 Å². The Morgan fingerprint density at radius 3 is 2.33 bits per heavy atom. The molecule has 3 aromatic carbocycles. The summed E-state index contributed by atoms with van der Waals surface area (Å²) < 4.78 is 90.5. The zero-order valence-electron chi connectivity index (χ0n) is 21.0. The quantitative estimate of drug-likeness (QED) is 0.243. The molecule has 208 valence electrons. The number of rotatable bonds is 8. The highest BCUT2D eigenvalue weighted by molar-refractivity contribution is 7.86. The average Bonchev–Trinajstić information content (AvgIpc) is 3.38. The maximum atomic E-state index is 13.8. The first-order valence-electron chi connectivity index (χ1n) is 12.2. The van der Waals surface area contributed by atoms with Crippen molar-refractivity contribution >= 4 is 16.2 Å². The van der Waals surface area contributed by atoms with E-state index in [0.717, 1.165) is 36.1 Å². The van der Waals surface area contributed by atoms with Gasteiger partial charge in [0.1, 0.15) is 18.5 Å². The molecule has 3 atom stereocenters. The molecule has 1 amide bonds. The number of ether oxygens (including phenoxy) is 1. The van der Waals surface area contributed by atoms with Crippen LogP contribution in [0.5, 0.6) is 0 Å². The third-order valence-corrected chi connectivity index (χ3v) is 7.11. The number of hydrogen-bond donors (Lipinski definition) is 0. The van der Waals surface area contributed by atoms with Crippen molar-refractivity contribution in [2.45, 2.75) is 43.7 Å². The van der Waals surface area contributed by atoms with Gasteiger partial charge in [-0.2, -0.15) is 21.6 Å². The predicted octanol–water partition coefficient (Wildman–Crippen LogP) is 6.12. The number of likely N-dealkylation sites (tertiary alicyclic amines) is 1. The van der Waals surface area contributed by atoms with Gasteiger partial charge in [-0.3, -0.25) is 4.18 Å². The Morgan fingerprint density at radius 1 is 1.00 bits per heavy atom. The first-order valence-corrected chi connectivity index (χ1v) is 14.0. The maximum Gasteiger partial charge on any atom is 0.416 e. The van der Waals surface area contributed by atoms with Gasteiger partial charge in [-0.25, -0.2) is 9.18 Å². The Morgan fingerprint density at radius 2 is 1.69 bits per heavy atom. The third-order valence-electron chi connectivity index (χ3n) is 6.53. The molecule has 1 fully saturated rings. The van der Waals surface area contributed by atoms with E-state index in [1.54, 1.807) is 24.3 Å². The lowest BCUT2D eigenvalue weighted by atomic mass is 9.82. The number of carbonyl (C=O) groups is 1. The zero-order chi connectivity index (χ0) is 28.2. The van der Waals surface area contributed by atoms with Gasteiger partial charge in [0.05, 0.1) is 17.9 Å². The van der Waals surface area contributed by atoms with Crippen LogP contribution in [0, 0.1) is 5.82 Å². The van der Waals surface area contributed by atoms with E-state index in [1.807, 2.05) is 6.07 Å². The zero-order valence-corrected chi connectivity index (χ0v) is 21.8. The number of amides is 1. The van der Waals surface area contributed by atoms with Gasteiger partial charge in [0.25, 0.3) is 10.1 Å². The van der Waals surface area contributed by atoms with E-state index in [-0.39, 0.29) is 18.7 Å².